The number of hydrogen-bond acceptors (Lipinski definition) is 0. The first-order valence-corrected chi connectivity index (χ1v) is 15.7. The molecule has 0 atom stereocenters. The Morgan fingerprint density at radius 1 is 0.667 bits per heavy atom. The Balaban J connectivity index is 1.77. The van der Waals surface area contributed by atoms with Crippen LogP contribution in [-0.2, 0) is 7.05 Å². The molecule has 0 fully saturated rings. The third kappa shape index (κ3) is 3.60. The van der Waals surface area contributed by atoms with Gasteiger partial charge in [-0.2, -0.15) is 0 Å². The van der Waals surface area contributed by atoms with Crippen LogP contribution in [0.25, 0.3) is 60.1 Å². The SMILES string of the molecule is Cc1cc2c3cccc(C)c3n3c4cc(-c5c(C(C)C)cc(C(C)C)cc5C(C)C)cc5cc[n+](C)c(c(c1C)c23)c54. The maximum absolute atomic E-state index is 2.60. The molecule has 0 aliphatic heterocycles. The van der Waals surface area contributed by atoms with Crippen molar-refractivity contribution in [1.29, 1.82) is 0 Å². The van der Waals surface area contributed by atoms with E-state index in [9.17, 15) is 0 Å². The lowest BCUT2D eigenvalue weighted by atomic mass is 9.81. The van der Waals surface area contributed by atoms with Crippen LogP contribution in [0.4, 0.5) is 0 Å². The molecule has 0 spiro atoms. The summed E-state index contributed by atoms with van der Waals surface area (Å²) in [6.07, 6.45) is 2.26. The summed E-state index contributed by atoms with van der Waals surface area (Å²) in [5.41, 5.74) is 16.5. The molecule has 7 aromatic rings. The van der Waals surface area contributed by atoms with Crippen molar-refractivity contribution >= 4 is 49.0 Å². The summed E-state index contributed by atoms with van der Waals surface area (Å²) in [5, 5.41) is 6.73. The second-order valence-corrected chi connectivity index (χ2v) is 13.7. The number of aryl methyl sites for hydroxylation is 4. The number of fused-ring (bicyclic) bond motifs is 5. The van der Waals surface area contributed by atoms with Gasteiger partial charge in [-0.05, 0) is 107 Å². The van der Waals surface area contributed by atoms with E-state index in [4.69, 9.17) is 0 Å². The lowest BCUT2D eigenvalue weighted by Gasteiger charge is -2.24. The minimum absolute atomic E-state index is 0.431. The van der Waals surface area contributed by atoms with E-state index >= 15 is 0 Å². The fraction of sp³-hybridized carbons (Fsp3) is 0.325. The van der Waals surface area contributed by atoms with Crippen molar-refractivity contribution in [2.24, 2.45) is 7.05 Å². The molecule has 42 heavy (non-hydrogen) atoms. The van der Waals surface area contributed by atoms with E-state index in [0.717, 1.165) is 0 Å². The van der Waals surface area contributed by atoms with Gasteiger partial charge in [0.25, 0.3) is 0 Å². The smallest absolute Gasteiger partial charge is 0.224 e. The molecular formula is C40H43N2+. The van der Waals surface area contributed by atoms with Crippen LogP contribution < -0.4 is 4.57 Å². The first kappa shape index (κ1) is 27.0. The Morgan fingerprint density at radius 2 is 1.36 bits per heavy atom. The van der Waals surface area contributed by atoms with E-state index in [1.165, 1.54) is 93.5 Å². The number of rotatable bonds is 4. The number of para-hydroxylation sites is 1. The molecule has 3 aromatic heterocycles. The highest BCUT2D eigenvalue weighted by Crippen LogP contribution is 2.45. The molecule has 0 saturated carbocycles. The standard InChI is InChI=1S/C40H43N2/c1-21(2)28-18-31(22(3)4)36(32(19-28)23(5)6)29-17-27-14-15-41(10)40-35-26(9)25(8)16-33-30-13-11-12-24(7)38(30)42(39(33)35)34(20-29)37(27)40/h11-23H,1-10H3/q+1. The van der Waals surface area contributed by atoms with E-state index in [1.807, 2.05) is 0 Å². The Morgan fingerprint density at radius 3 is 2.00 bits per heavy atom. The molecule has 0 bridgehead atoms. The minimum atomic E-state index is 0.431. The maximum Gasteiger partial charge on any atom is 0.224 e. The summed E-state index contributed by atoms with van der Waals surface area (Å²) in [5.74, 6) is 1.36. The van der Waals surface area contributed by atoms with Gasteiger partial charge in [-0.15, -0.1) is 0 Å². The van der Waals surface area contributed by atoms with Gasteiger partial charge < -0.3 is 4.40 Å². The highest BCUT2D eigenvalue weighted by atomic mass is 15.0. The third-order valence-electron chi connectivity index (χ3n) is 9.91. The average Bonchev–Trinajstić information content (AvgIpc) is 3.28. The second kappa shape index (κ2) is 9.30. The number of aromatic nitrogens is 2. The van der Waals surface area contributed by atoms with Gasteiger partial charge in [0.05, 0.1) is 27.3 Å². The predicted octanol–water partition coefficient (Wildman–Crippen LogP) is 10.8. The third-order valence-corrected chi connectivity index (χ3v) is 9.91. The first-order chi connectivity index (χ1) is 20.0. The summed E-state index contributed by atoms with van der Waals surface area (Å²) >= 11 is 0. The molecule has 4 aromatic carbocycles. The van der Waals surface area contributed by atoms with E-state index in [2.05, 4.69) is 139 Å². The second-order valence-electron chi connectivity index (χ2n) is 13.7. The van der Waals surface area contributed by atoms with E-state index < -0.39 is 0 Å². The van der Waals surface area contributed by atoms with Crippen molar-refractivity contribution in [3.63, 3.8) is 0 Å². The van der Waals surface area contributed by atoms with Gasteiger partial charge >= 0.3 is 0 Å². The largest absolute Gasteiger partial charge is 0.307 e. The number of hydrogen-bond donors (Lipinski definition) is 0. The molecule has 212 valence electrons. The Labute approximate surface area is 249 Å². The molecule has 2 heteroatoms. The van der Waals surface area contributed by atoms with Crippen molar-refractivity contribution in [3.8, 4) is 11.1 Å². The molecular weight excluding hydrogens is 508 g/mol. The molecule has 0 N–H and O–H groups in total. The Hall–Kier alpha value is -3.91. The molecule has 7 rings (SSSR count). The van der Waals surface area contributed by atoms with Gasteiger partial charge in [0, 0.05) is 16.8 Å². The summed E-state index contributed by atoms with van der Waals surface area (Å²) in [6, 6.07) is 21.5. The van der Waals surface area contributed by atoms with Gasteiger partial charge in [0.2, 0.25) is 5.52 Å². The summed E-state index contributed by atoms with van der Waals surface area (Å²) in [4.78, 5) is 0. The molecule has 3 heterocycles. The average molecular weight is 552 g/mol. The fourth-order valence-electron chi connectivity index (χ4n) is 7.55. The van der Waals surface area contributed by atoms with Crippen molar-refractivity contribution < 1.29 is 4.57 Å². The van der Waals surface area contributed by atoms with E-state index in [1.54, 1.807) is 0 Å². The number of pyridine rings is 2. The molecule has 0 saturated heterocycles. The zero-order valence-corrected chi connectivity index (χ0v) is 26.9. The van der Waals surface area contributed by atoms with Crippen molar-refractivity contribution in [2.75, 3.05) is 0 Å². The molecule has 0 radical (unpaired) electrons. The summed E-state index contributed by atoms with van der Waals surface area (Å²) < 4.78 is 4.95. The fourth-order valence-corrected chi connectivity index (χ4v) is 7.55. The summed E-state index contributed by atoms with van der Waals surface area (Å²) in [7, 11) is 2.21. The van der Waals surface area contributed by atoms with Crippen LogP contribution in [0.3, 0.4) is 0 Å². The lowest BCUT2D eigenvalue weighted by Crippen LogP contribution is -2.29. The highest BCUT2D eigenvalue weighted by Gasteiger charge is 2.27. The van der Waals surface area contributed by atoms with Gasteiger partial charge in [-0.25, -0.2) is 4.57 Å². The van der Waals surface area contributed by atoms with Gasteiger partial charge in [0.1, 0.15) is 7.05 Å². The van der Waals surface area contributed by atoms with Crippen molar-refractivity contribution in [1.82, 2.24) is 4.40 Å². The normalized spacial score (nSPS) is 12.7. The van der Waals surface area contributed by atoms with Crippen LogP contribution in [-0.4, -0.2) is 4.40 Å². The molecule has 0 aliphatic rings. The highest BCUT2D eigenvalue weighted by molar-refractivity contribution is 6.26. The maximum atomic E-state index is 2.60. The van der Waals surface area contributed by atoms with Crippen molar-refractivity contribution in [2.45, 2.75) is 80.1 Å². The predicted molar refractivity (Wildman–Crippen MR) is 182 cm³/mol. The molecule has 0 amide bonds. The first-order valence-electron chi connectivity index (χ1n) is 15.7. The Bertz CT molecular complexity index is 2180. The van der Waals surface area contributed by atoms with Crippen LogP contribution in [0, 0.1) is 20.8 Å². The Kier molecular flexibility index (Phi) is 5.97. The van der Waals surface area contributed by atoms with Gasteiger partial charge in [-0.3, -0.25) is 0 Å². The molecule has 0 unspecified atom stereocenters. The summed E-state index contributed by atoms with van der Waals surface area (Å²) in [6.45, 7) is 20.9. The number of nitrogens with zero attached hydrogens (tertiary/aromatic N) is 2. The zero-order valence-electron chi connectivity index (χ0n) is 26.9. The quantitative estimate of drug-likeness (QED) is 0.117. The van der Waals surface area contributed by atoms with Crippen LogP contribution in [0.15, 0.2) is 60.8 Å². The zero-order chi connectivity index (χ0) is 29.8. The molecule has 0 aliphatic carbocycles. The number of benzene rings is 4. The topological polar surface area (TPSA) is 8.29 Å². The minimum Gasteiger partial charge on any atom is -0.307 e. The van der Waals surface area contributed by atoms with E-state index in [0.29, 0.717) is 17.8 Å². The van der Waals surface area contributed by atoms with Crippen LogP contribution in [0.1, 0.15) is 92.7 Å². The van der Waals surface area contributed by atoms with Crippen LogP contribution >= 0.6 is 0 Å². The molecule has 2 nitrogen and oxygen atoms in total. The van der Waals surface area contributed by atoms with Gasteiger partial charge in [-0.1, -0.05) is 71.9 Å². The van der Waals surface area contributed by atoms with Crippen molar-refractivity contribution in [3.05, 3.63) is 94.2 Å². The lowest BCUT2D eigenvalue weighted by molar-refractivity contribution is -0.643. The monoisotopic (exact) mass is 551 g/mol. The van der Waals surface area contributed by atoms with E-state index in [-0.39, 0.29) is 0 Å². The van der Waals surface area contributed by atoms with Crippen LogP contribution in [0.2, 0.25) is 0 Å². The van der Waals surface area contributed by atoms with Crippen LogP contribution in [0.5, 0.6) is 0 Å². The van der Waals surface area contributed by atoms with Gasteiger partial charge in [0.15, 0.2) is 6.20 Å².